The molecule has 0 bridgehead atoms. The Bertz CT molecular complexity index is 419. The van der Waals surface area contributed by atoms with Gasteiger partial charge in [0.25, 0.3) is 0 Å². The molecule has 0 aliphatic rings. The summed E-state index contributed by atoms with van der Waals surface area (Å²) in [6.45, 7) is 4.41. The molecule has 0 saturated heterocycles. The highest BCUT2D eigenvalue weighted by atomic mass is 16.6. The van der Waals surface area contributed by atoms with Crippen molar-refractivity contribution in [3.8, 4) is 0 Å². The summed E-state index contributed by atoms with van der Waals surface area (Å²) in [5.41, 5.74) is 9.20. The van der Waals surface area contributed by atoms with E-state index in [-0.39, 0.29) is 37.5 Å². The zero-order valence-corrected chi connectivity index (χ0v) is 16.0. The van der Waals surface area contributed by atoms with Crippen molar-refractivity contribution in [1.82, 2.24) is 10.6 Å². The van der Waals surface area contributed by atoms with Crippen LogP contribution in [0.2, 0.25) is 0 Å². The second kappa shape index (κ2) is 15.3. The van der Waals surface area contributed by atoms with Gasteiger partial charge in [-0.05, 0) is 0 Å². The molecule has 0 aliphatic heterocycles. The third kappa shape index (κ3) is 13.1. The fourth-order valence-electron chi connectivity index (χ4n) is 2.15. The molecule has 6 N–H and O–H groups in total. The number of ether oxygens (including phenoxy) is 2. The van der Waals surface area contributed by atoms with Crippen LogP contribution in [0.5, 0.6) is 0 Å². The van der Waals surface area contributed by atoms with Gasteiger partial charge in [-0.25, -0.2) is 0 Å². The highest BCUT2D eigenvalue weighted by Gasteiger charge is 2.37. The Morgan fingerprint density at radius 2 is 1.33 bits per heavy atom. The molecule has 0 heterocycles. The first kappa shape index (κ1) is 25.2. The van der Waals surface area contributed by atoms with Gasteiger partial charge in [0.15, 0.2) is 0 Å². The number of nitro groups is 1. The van der Waals surface area contributed by atoms with Gasteiger partial charge in [-0.2, -0.15) is 0 Å². The molecule has 0 aliphatic carbocycles. The first-order chi connectivity index (χ1) is 12.9. The zero-order chi connectivity index (χ0) is 20.5. The predicted octanol–water partition coefficient (Wildman–Crippen LogP) is -1.23. The molecule has 0 aromatic rings. The van der Waals surface area contributed by atoms with Crippen molar-refractivity contribution in [2.75, 3.05) is 52.6 Å². The standard InChI is InChI=1S/C16H33N5O6/c1-16(21(24)25,4-2-14(22)19-8-12-26-10-6-17)5-3-15(23)20-9-13-27-11-7-18/h2-13,17-18H2,1H3,(H,19,22)(H,20,23). The lowest BCUT2D eigenvalue weighted by molar-refractivity contribution is -0.567. The zero-order valence-electron chi connectivity index (χ0n) is 16.0. The molecular weight excluding hydrogens is 358 g/mol. The lowest BCUT2D eigenvalue weighted by atomic mass is 9.90. The summed E-state index contributed by atoms with van der Waals surface area (Å²) in [7, 11) is 0. The van der Waals surface area contributed by atoms with Crippen molar-refractivity contribution in [1.29, 1.82) is 0 Å². The van der Waals surface area contributed by atoms with Crippen LogP contribution >= 0.6 is 0 Å². The van der Waals surface area contributed by atoms with Gasteiger partial charge in [-0.1, -0.05) is 0 Å². The van der Waals surface area contributed by atoms with Crippen LogP contribution in [0.1, 0.15) is 32.6 Å². The van der Waals surface area contributed by atoms with E-state index in [2.05, 4.69) is 10.6 Å². The number of nitrogens with one attached hydrogen (secondary N) is 2. The van der Waals surface area contributed by atoms with Crippen LogP contribution in [-0.4, -0.2) is 74.9 Å². The van der Waals surface area contributed by atoms with Crippen molar-refractivity contribution in [3.05, 3.63) is 10.1 Å². The van der Waals surface area contributed by atoms with E-state index in [0.29, 0.717) is 52.6 Å². The number of hydrogen-bond acceptors (Lipinski definition) is 8. The van der Waals surface area contributed by atoms with E-state index >= 15 is 0 Å². The molecule has 0 aromatic heterocycles. The number of carbonyl (C=O) groups is 2. The van der Waals surface area contributed by atoms with Crippen molar-refractivity contribution < 1.29 is 24.0 Å². The van der Waals surface area contributed by atoms with Gasteiger partial charge in [0, 0.05) is 63.7 Å². The second-order valence-electron chi connectivity index (χ2n) is 6.26. The highest BCUT2D eigenvalue weighted by Crippen LogP contribution is 2.23. The van der Waals surface area contributed by atoms with Crippen molar-refractivity contribution >= 4 is 11.8 Å². The fourth-order valence-corrected chi connectivity index (χ4v) is 2.15. The maximum absolute atomic E-state index is 11.8. The van der Waals surface area contributed by atoms with Gasteiger partial charge in [-0.15, -0.1) is 0 Å². The van der Waals surface area contributed by atoms with Gasteiger partial charge >= 0.3 is 0 Å². The molecule has 2 amide bonds. The average Bonchev–Trinajstić information content (AvgIpc) is 2.64. The smallest absolute Gasteiger partial charge is 0.220 e. The minimum Gasteiger partial charge on any atom is -0.378 e. The van der Waals surface area contributed by atoms with E-state index < -0.39 is 10.5 Å². The monoisotopic (exact) mass is 391 g/mol. The Kier molecular flexibility index (Phi) is 14.2. The van der Waals surface area contributed by atoms with E-state index in [1.807, 2.05) is 0 Å². The minimum atomic E-state index is -1.35. The Morgan fingerprint density at radius 3 is 1.67 bits per heavy atom. The number of rotatable bonds is 17. The number of amides is 2. The summed E-state index contributed by atoms with van der Waals surface area (Å²) >= 11 is 0. The molecule has 0 fully saturated rings. The fraction of sp³-hybridized carbons (Fsp3) is 0.875. The quantitative estimate of drug-likeness (QED) is 0.135. The Labute approximate surface area is 159 Å². The van der Waals surface area contributed by atoms with E-state index in [0.717, 1.165) is 0 Å². The first-order valence-electron chi connectivity index (χ1n) is 9.09. The van der Waals surface area contributed by atoms with Crippen LogP contribution in [0.4, 0.5) is 0 Å². The SMILES string of the molecule is CC(CCC(=O)NCCOCCN)(CCC(=O)NCCOCCN)[N+](=O)[O-]. The second-order valence-corrected chi connectivity index (χ2v) is 6.26. The largest absolute Gasteiger partial charge is 0.378 e. The summed E-state index contributed by atoms with van der Waals surface area (Å²) in [6.07, 6.45) is 0.0938. The molecule has 0 spiro atoms. The van der Waals surface area contributed by atoms with Crippen LogP contribution in [0, 0.1) is 10.1 Å². The minimum absolute atomic E-state index is 0.00289. The maximum atomic E-state index is 11.8. The third-order valence-electron chi connectivity index (χ3n) is 3.88. The third-order valence-corrected chi connectivity index (χ3v) is 3.88. The Morgan fingerprint density at radius 1 is 0.926 bits per heavy atom. The summed E-state index contributed by atoms with van der Waals surface area (Å²) in [4.78, 5) is 34.6. The summed E-state index contributed by atoms with van der Waals surface area (Å²) in [5, 5.41) is 16.7. The van der Waals surface area contributed by atoms with Gasteiger partial charge in [0.2, 0.25) is 17.4 Å². The van der Waals surface area contributed by atoms with E-state index in [1.165, 1.54) is 6.92 Å². The number of hydrogen-bond donors (Lipinski definition) is 4. The van der Waals surface area contributed by atoms with Crippen molar-refractivity contribution in [2.24, 2.45) is 11.5 Å². The topological polar surface area (TPSA) is 172 Å². The number of nitrogens with zero attached hydrogens (tertiary/aromatic N) is 1. The summed E-state index contributed by atoms with van der Waals surface area (Å²) in [6, 6.07) is 0. The van der Waals surface area contributed by atoms with Gasteiger partial charge in [-0.3, -0.25) is 19.7 Å². The maximum Gasteiger partial charge on any atom is 0.220 e. The Hall–Kier alpha value is -1.82. The molecule has 0 saturated carbocycles. The molecular formula is C16H33N5O6. The molecule has 158 valence electrons. The molecule has 0 radical (unpaired) electrons. The lowest BCUT2D eigenvalue weighted by Gasteiger charge is -2.20. The van der Waals surface area contributed by atoms with Gasteiger partial charge < -0.3 is 31.6 Å². The predicted molar refractivity (Wildman–Crippen MR) is 99.6 cm³/mol. The average molecular weight is 391 g/mol. The molecule has 0 rings (SSSR count). The van der Waals surface area contributed by atoms with Crippen LogP contribution in [0.3, 0.4) is 0 Å². The van der Waals surface area contributed by atoms with E-state index in [1.54, 1.807) is 0 Å². The molecule has 0 unspecified atom stereocenters. The number of nitrogens with two attached hydrogens (primary N) is 2. The van der Waals surface area contributed by atoms with Crippen LogP contribution < -0.4 is 22.1 Å². The van der Waals surface area contributed by atoms with Crippen LogP contribution in [0.25, 0.3) is 0 Å². The van der Waals surface area contributed by atoms with Gasteiger partial charge in [0.1, 0.15) is 0 Å². The highest BCUT2D eigenvalue weighted by molar-refractivity contribution is 5.76. The first-order valence-corrected chi connectivity index (χ1v) is 9.09. The van der Waals surface area contributed by atoms with E-state index in [4.69, 9.17) is 20.9 Å². The molecule has 11 heteroatoms. The van der Waals surface area contributed by atoms with E-state index in [9.17, 15) is 19.7 Å². The van der Waals surface area contributed by atoms with Gasteiger partial charge in [0.05, 0.1) is 26.4 Å². The normalized spacial score (nSPS) is 11.2. The van der Waals surface area contributed by atoms with Crippen LogP contribution in [0.15, 0.2) is 0 Å². The molecule has 11 nitrogen and oxygen atoms in total. The molecule has 0 atom stereocenters. The summed E-state index contributed by atoms with van der Waals surface area (Å²) in [5.74, 6) is -0.582. The van der Waals surface area contributed by atoms with Crippen molar-refractivity contribution in [3.63, 3.8) is 0 Å². The lowest BCUT2D eigenvalue weighted by Crippen LogP contribution is -2.39. The Balaban J connectivity index is 4.13. The van der Waals surface area contributed by atoms with Crippen molar-refractivity contribution in [2.45, 2.75) is 38.1 Å². The summed E-state index contributed by atoms with van der Waals surface area (Å²) < 4.78 is 10.3. The number of carbonyl (C=O) groups excluding carboxylic acids is 2. The molecule has 27 heavy (non-hydrogen) atoms. The molecule has 0 aromatic carbocycles. The van der Waals surface area contributed by atoms with Crippen LogP contribution in [-0.2, 0) is 19.1 Å².